The van der Waals surface area contributed by atoms with E-state index in [1.54, 1.807) is 0 Å². The first kappa shape index (κ1) is 23.6. The molecule has 1 nitrogen and oxygen atoms in total. The molecule has 0 unspecified atom stereocenters. The number of rotatable bonds is 3. The molecule has 2 heterocycles. The Morgan fingerprint density at radius 3 is 2.02 bits per heavy atom. The molecular weight excluding hydrogens is 527 g/mol. The van der Waals surface area contributed by atoms with Crippen LogP contribution in [-0.2, 0) is 0 Å². The summed E-state index contributed by atoms with van der Waals surface area (Å²) in [4.78, 5) is 2.66. The monoisotopic (exact) mass is 551 g/mol. The molecule has 0 N–H and O–H groups in total. The molecule has 0 saturated heterocycles. The smallest absolute Gasteiger partial charge is 0.0541 e. The quantitative estimate of drug-likeness (QED) is 0.211. The summed E-state index contributed by atoms with van der Waals surface area (Å²) in [7, 11) is 0. The average Bonchev–Trinajstić information content (AvgIpc) is 3.39. The number of nitrogens with zero attached hydrogens (tertiary/aromatic N) is 1. The van der Waals surface area contributed by atoms with Crippen LogP contribution in [0.5, 0.6) is 0 Å². The molecule has 9 rings (SSSR count). The molecule has 0 atom stereocenters. The highest BCUT2D eigenvalue weighted by Crippen LogP contribution is 2.49. The van der Waals surface area contributed by atoms with Gasteiger partial charge in [0.25, 0.3) is 0 Å². The zero-order chi connectivity index (χ0) is 27.6. The van der Waals surface area contributed by atoms with Crippen molar-refractivity contribution in [2.45, 2.75) is 9.79 Å². The van der Waals surface area contributed by atoms with Crippen molar-refractivity contribution in [3.05, 3.63) is 152 Å². The average molecular weight is 552 g/mol. The second-order valence-corrected chi connectivity index (χ2v) is 12.1. The van der Waals surface area contributed by atoms with E-state index in [4.69, 9.17) is 0 Å². The Morgan fingerprint density at radius 1 is 0.405 bits per heavy atom. The van der Waals surface area contributed by atoms with Gasteiger partial charge in [0.05, 0.1) is 11.0 Å². The molecule has 0 saturated carbocycles. The van der Waals surface area contributed by atoms with Gasteiger partial charge in [-0.3, -0.25) is 0 Å². The van der Waals surface area contributed by atoms with Crippen LogP contribution >= 0.6 is 11.8 Å². The fourth-order valence-corrected chi connectivity index (χ4v) is 7.77. The summed E-state index contributed by atoms with van der Waals surface area (Å²) in [5.41, 5.74) is 11.2. The van der Waals surface area contributed by atoms with E-state index in [9.17, 15) is 0 Å². The van der Waals surface area contributed by atoms with Gasteiger partial charge in [0.1, 0.15) is 0 Å². The van der Waals surface area contributed by atoms with Crippen molar-refractivity contribution in [3.8, 4) is 39.1 Å². The Balaban J connectivity index is 1.23. The van der Waals surface area contributed by atoms with Gasteiger partial charge in [-0.25, -0.2) is 0 Å². The molecule has 7 aromatic carbocycles. The molecule has 2 heteroatoms. The molecular formula is C40H25NS. The van der Waals surface area contributed by atoms with Crippen LogP contribution in [0.3, 0.4) is 0 Å². The Bertz CT molecular complexity index is 2310. The molecule has 1 aliphatic heterocycles. The number of hydrogen-bond donors (Lipinski definition) is 0. The molecule has 1 aliphatic rings. The third kappa shape index (κ3) is 3.59. The predicted molar refractivity (Wildman–Crippen MR) is 179 cm³/mol. The van der Waals surface area contributed by atoms with Crippen molar-refractivity contribution in [1.82, 2.24) is 4.57 Å². The number of fused-ring (bicyclic) bond motifs is 5. The third-order valence-electron chi connectivity index (χ3n) is 8.57. The minimum atomic E-state index is 1.17. The molecule has 8 aromatic rings. The fourth-order valence-electron chi connectivity index (χ4n) is 6.62. The number of para-hydroxylation sites is 1. The molecule has 0 fully saturated rings. The Kier molecular flexibility index (Phi) is 5.20. The van der Waals surface area contributed by atoms with E-state index < -0.39 is 0 Å². The van der Waals surface area contributed by atoms with E-state index in [2.05, 4.69) is 156 Å². The second-order valence-electron chi connectivity index (χ2n) is 11.0. The van der Waals surface area contributed by atoms with Gasteiger partial charge < -0.3 is 4.57 Å². The topological polar surface area (TPSA) is 4.93 Å². The SMILES string of the molecule is c1ccc(-c2ccc(-n3c4ccccc4c4cc(-c5cc6c7c(cccc7c5)Sc5ccccc5-6)ccc43)cc2)cc1. The molecule has 0 amide bonds. The van der Waals surface area contributed by atoms with Crippen LogP contribution in [-0.4, -0.2) is 4.57 Å². The lowest BCUT2D eigenvalue weighted by Crippen LogP contribution is -1.94. The van der Waals surface area contributed by atoms with Gasteiger partial charge in [0.15, 0.2) is 0 Å². The van der Waals surface area contributed by atoms with Crippen molar-refractivity contribution in [2.75, 3.05) is 0 Å². The fraction of sp³-hybridized carbons (Fsp3) is 0. The van der Waals surface area contributed by atoms with Crippen molar-refractivity contribution in [3.63, 3.8) is 0 Å². The molecule has 196 valence electrons. The first-order valence-electron chi connectivity index (χ1n) is 14.4. The van der Waals surface area contributed by atoms with Crippen LogP contribution < -0.4 is 0 Å². The Hall–Kier alpha value is -5.05. The van der Waals surface area contributed by atoms with E-state index in [1.165, 1.54) is 81.4 Å². The summed E-state index contributed by atoms with van der Waals surface area (Å²) in [6, 6.07) is 55.5. The van der Waals surface area contributed by atoms with E-state index >= 15 is 0 Å². The van der Waals surface area contributed by atoms with Gasteiger partial charge in [0.2, 0.25) is 0 Å². The zero-order valence-electron chi connectivity index (χ0n) is 22.8. The molecule has 0 bridgehead atoms. The van der Waals surface area contributed by atoms with Crippen LogP contribution in [0.2, 0.25) is 0 Å². The summed E-state index contributed by atoms with van der Waals surface area (Å²) in [6.45, 7) is 0. The summed E-state index contributed by atoms with van der Waals surface area (Å²) in [5, 5.41) is 5.20. The number of benzene rings is 7. The Labute approximate surface area is 248 Å². The largest absolute Gasteiger partial charge is 0.309 e. The molecule has 42 heavy (non-hydrogen) atoms. The minimum Gasteiger partial charge on any atom is -0.309 e. The summed E-state index contributed by atoms with van der Waals surface area (Å²) < 4.78 is 2.40. The first-order valence-corrected chi connectivity index (χ1v) is 15.2. The highest BCUT2D eigenvalue weighted by molar-refractivity contribution is 7.99. The van der Waals surface area contributed by atoms with Gasteiger partial charge in [-0.15, -0.1) is 0 Å². The van der Waals surface area contributed by atoms with Gasteiger partial charge in [0, 0.05) is 31.6 Å². The lowest BCUT2D eigenvalue weighted by Gasteiger charge is -2.21. The maximum atomic E-state index is 2.40. The predicted octanol–water partition coefficient (Wildman–Crippen LogP) is 11.4. The normalized spacial score (nSPS) is 12.2. The van der Waals surface area contributed by atoms with E-state index in [-0.39, 0.29) is 0 Å². The number of hydrogen-bond acceptors (Lipinski definition) is 1. The standard InChI is InChI=1S/C40H25NS/c1-2-9-26(10-3-1)27-17-20-31(21-18-27)41-36-14-6-4-12-32(36)34-24-28(19-22-37(34)41)30-23-29-11-8-16-39-40(29)35(25-30)33-13-5-7-15-38(33)42-39/h1-25H. The van der Waals surface area contributed by atoms with Crippen molar-refractivity contribution < 1.29 is 0 Å². The van der Waals surface area contributed by atoms with E-state index in [0.29, 0.717) is 0 Å². The first-order chi connectivity index (χ1) is 20.8. The molecule has 0 radical (unpaired) electrons. The van der Waals surface area contributed by atoms with Gasteiger partial charge in [-0.2, -0.15) is 0 Å². The highest BCUT2D eigenvalue weighted by atomic mass is 32.2. The van der Waals surface area contributed by atoms with Crippen molar-refractivity contribution >= 4 is 44.3 Å². The van der Waals surface area contributed by atoms with Gasteiger partial charge in [-0.1, -0.05) is 109 Å². The summed E-state index contributed by atoms with van der Waals surface area (Å²) in [6.07, 6.45) is 0. The van der Waals surface area contributed by atoms with E-state index in [1.807, 2.05) is 11.8 Å². The lowest BCUT2D eigenvalue weighted by molar-refractivity contribution is 1.18. The summed E-state index contributed by atoms with van der Waals surface area (Å²) in [5.74, 6) is 0. The van der Waals surface area contributed by atoms with Crippen LogP contribution in [0.4, 0.5) is 0 Å². The maximum absolute atomic E-state index is 2.40. The van der Waals surface area contributed by atoms with Crippen LogP contribution in [0.15, 0.2) is 161 Å². The van der Waals surface area contributed by atoms with E-state index in [0.717, 1.165) is 0 Å². The highest BCUT2D eigenvalue weighted by Gasteiger charge is 2.20. The molecule has 1 aromatic heterocycles. The van der Waals surface area contributed by atoms with Crippen LogP contribution in [0.25, 0.3) is 71.6 Å². The number of aromatic nitrogens is 1. The Morgan fingerprint density at radius 2 is 1.12 bits per heavy atom. The second kappa shape index (κ2) is 9.24. The molecule has 0 aliphatic carbocycles. The summed E-state index contributed by atoms with van der Waals surface area (Å²) >= 11 is 1.88. The van der Waals surface area contributed by atoms with Gasteiger partial charge >= 0.3 is 0 Å². The minimum absolute atomic E-state index is 1.17. The van der Waals surface area contributed by atoms with Crippen molar-refractivity contribution in [1.29, 1.82) is 0 Å². The third-order valence-corrected chi connectivity index (χ3v) is 9.71. The maximum Gasteiger partial charge on any atom is 0.0541 e. The van der Waals surface area contributed by atoms with Gasteiger partial charge in [-0.05, 0) is 93.4 Å². The zero-order valence-corrected chi connectivity index (χ0v) is 23.6. The molecule has 0 spiro atoms. The lowest BCUT2D eigenvalue weighted by atomic mass is 9.92. The van der Waals surface area contributed by atoms with Crippen LogP contribution in [0.1, 0.15) is 0 Å². The van der Waals surface area contributed by atoms with Crippen LogP contribution in [0, 0.1) is 0 Å². The van der Waals surface area contributed by atoms with Crippen molar-refractivity contribution in [2.24, 2.45) is 0 Å².